The predicted octanol–water partition coefficient (Wildman–Crippen LogP) is 2.87. The minimum Gasteiger partial charge on any atom is -0.380 e. The fourth-order valence-electron chi connectivity index (χ4n) is 2.60. The minimum absolute atomic E-state index is 0.325. The Bertz CT molecular complexity index is 385. The number of ether oxygens (including phenoxy) is 1. The monoisotopic (exact) mass is 332 g/mol. The van der Waals surface area contributed by atoms with Crippen molar-refractivity contribution in [3.63, 3.8) is 0 Å². The van der Waals surface area contributed by atoms with Crippen LogP contribution >= 0.6 is 27.3 Å². The quantitative estimate of drug-likeness (QED) is 0.921. The molecule has 0 amide bonds. The lowest BCUT2D eigenvalue weighted by Crippen LogP contribution is -2.46. The third-order valence-corrected chi connectivity index (χ3v) is 5.60. The first kappa shape index (κ1) is 14.5. The largest absolute Gasteiger partial charge is 0.380 e. The number of methoxy groups -OCH3 is 1. The van der Waals surface area contributed by atoms with Gasteiger partial charge in [-0.2, -0.15) is 0 Å². The molecule has 102 valence electrons. The summed E-state index contributed by atoms with van der Waals surface area (Å²) in [5, 5.41) is 2.12. The molecule has 3 unspecified atom stereocenters. The van der Waals surface area contributed by atoms with Crippen LogP contribution in [0.25, 0.3) is 0 Å². The third kappa shape index (κ3) is 3.14. The first-order valence-corrected chi connectivity index (χ1v) is 8.03. The van der Waals surface area contributed by atoms with Gasteiger partial charge in [-0.15, -0.1) is 11.3 Å². The van der Waals surface area contributed by atoms with Crippen LogP contribution in [-0.2, 0) is 4.74 Å². The van der Waals surface area contributed by atoms with Crippen LogP contribution in [0.15, 0.2) is 15.9 Å². The van der Waals surface area contributed by atoms with Crippen LogP contribution in [0.2, 0.25) is 0 Å². The zero-order chi connectivity index (χ0) is 13.1. The summed E-state index contributed by atoms with van der Waals surface area (Å²) in [5.41, 5.74) is 5.98. The summed E-state index contributed by atoms with van der Waals surface area (Å²) in [5.74, 6) is 0.639. The molecule has 5 heteroatoms. The maximum atomic E-state index is 5.98. The molecule has 2 rings (SSSR count). The molecule has 1 aromatic heterocycles. The number of hydrogen-bond donors (Lipinski definition) is 1. The van der Waals surface area contributed by atoms with E-state index in [1.165, 1.54) is 11.3 Å². The highest BCUT2D eigenvalue weighted by atomic mass is 79.9. The first-order chi connectivity index (χ1) is 8.65. The molecule has 0 saturated carbocycles. The summed E-state index contributed by atoms with van der Waals surface area (Å²) < 4.78 is 6.73. The molecule has 3 nitrogen and oxygen atoms in total. The summed E-state index contributed by atoms with van der Waals surface area (Å²) in [6.07, 6.45) is 1.51. The van der Waals surface area contributed by atoms with E-state index in [0.29, 0.717) is 24.6 Å². The Morgan fingerprint density at radius 3 is 3.00 bits per heavy atom. The van der Waals surface area contributed by atoms with Crippen molar-refractivity contribution in [2.45, 2.75) is 25.5 Å². The molecular formula is C13H21BrN2OS. The van der Waals surface area contributed by atoms with Crippen LogP contribution < -0.4 is 5.73 Å². The van der Waals surface area contributed by atoms with Crippen molar-refractivity contribution >= 4 is 27.3 Å². The zero-order valence-corrected chi connectivity index (χ0v) is 13.3. The van der Waals surface area contributed by atoms with Crippen molar-refractivity contribution in [3.05, 3.63) is 20.8 Å². The minimum atomic E-state index is 0.325. The molecule has 1 fully saturated rings. The summed E-state index contributed by atoms with van der Waals surface area (Å²) in [4.78, 5) is 3.81. The number of thiophene rings is 1. The van der Waals surface area contributed by atoms with E-state index < -0.39 is 0 Å². The van der Waals surface area contributed by atoms with Gasteiger partial charge in [0.2, 0.25) is 0 Å². The van der Waals surface area contributed by atoms with Crippen molar-refractivity contribution in [3.8, 4) is 0 Å². The van der Waals surface area contributed by atoms with Gasteiger partial charge in [0.1, 0.15) is 0 Å². The van der Waals surface area contributed by atoms with E-state index >= 15 is 0 Å². The summed E-state index contributed by atoms with van der Waals surface area (Å²) >= 11 is 5.29. The Balaban J connectivity index is 2.09. The lowest BCUT2D eigenvalue weighted by Gasteiger charge is -2.40. The molecule has 18 heavy (non-hydrogen) atoms. The lowest BCUT2D eigenvalue weighted by atomic mass is 9.94. The van der Waals surface area contributed by atoms with Gasteiger partial charge in [0.05, 0.1) is 12.1 Å². The highest BCUT2D eigenvalue weighted by molar-refractivity contribution is 9.10. The average Bonchev–Trinajstić information content (AvgIpc) is 2.79. The van der Waals surface area contributed by atoms with Gasteiger partial charge >= 0.3 is 0 Å². The lowest BCUT2D eigenvalue weighted by molar-refractivity contribution is -0.0178. The predicted molar refractivity (Wildman–Crippen MR) is 80.0 cm³/mol. The van der Waals surface area contributed by atoms with Crippen LogP contribution in [0.5, 0.6) is 0 Å². The first-order valence-electron chi connectivity index (χ1n) is 6.36. The van der Waals surface area contributed by atoms with Crippen molar-refractivity contribution in [1.29, 1.82) is 0 Å². The highest BCUT2D eigenvalue weighted by Crippen LogP contribution is 2.32. The SMILES string of the molecule is COC1CN(C(CN)c2cc(Br)cs2)CCC1C. The van der Waals surface area contributed by atoms with Gasteiger partial charge in [-0.1, -0.05) is 6.92 Å². The molecule has 0 bridgehead atoms. The Labute approximate surface area is 121 Å². The van der Waals surface area contributed by atoms with E-state index in [0.717, 1.165) is 17.6 Å². The number of nitrogens with two attached hydrogens (primary N) is 1. The maximum absolute atomic E-state index is 5.98. The maximum Gasteiger partial charge on any atom is 0.0724 e. The molecule has 2 heterocycles. The van der Waals surface area contributed by atoms with Gasteiger partial charge < -0.3 is 10.5 Å². The van der Waals surface area contributed by atoms with Gasteiger partial charge in [-0.05, 0) is 40.9 Å². The molecule has 0 spiro atoms. The van der Waals surface area contributed by atoms with E-state index in [-0.39, 0.29) is 0 Å². The molecule has 0 aliphatic carbocycles. The van der Waals surface area contributed by atoms with Gasteiger partial charge in [-0.3, -0.25) is 4.90 Å². The molecule has 1 aliphatic rings. The second-order valence-corrected chi connectivity index (χ2v) is 6.81. The number of halogens is 1. The van der Waals surface area contributed by atoms with Gasteiger partial charge in [-0.25, -0.2) is 0 Å². The van der Waals surface area contributed by atoms with Gasteiger partial charge in [0, 0.05) is 34.9 Å². The molecule has 1 aliphatic heterocycles. The standard InChI is InChI=1S/C13H21BrN2OS/c1-9-3-4-16(7-12(9)17-2)11(6-15)13-5-10(14)8-18-13/h5,8-9,11-12H,3-4,6-7,15H2,1-2H3. The van der Waals surface area contributed by atoms with E-state index in [2.05, 4.69) is 39.2 Å². The molecule has 0 radical (unpaired) electrons. The molecular weight excluding hydrogens is 312 g/mol. The van der Waals surface area contributed by atoms with Crippen LogP contribution in [0, 0.1) is 5.92 Å². The van der Waals surface area contributed by atoms with E-state index in [4.69, 9.17) is 10.5 Å². The van der Waals surface area contributed by atoms with E-state index in [9.17, 15) is 0 Å². The number of nitrogens with zero attached hydrogens (tertiary/aromatic N) is 1. The molecule has 2 N–H and O–H groups in total. The molecule has 1 saturated heterocycles. The number of hydrogen-bond acceptors (Lipinski definition) is 4. The van der Waals surface area contributed by atoms with Crippen LogP contribution in [0.1, 0.15) is 24.3 Å². The third-order valence-electron chi connectivity index (χ3n) is 3.80. The van der Waals surface area contributed by atoms with Crippen molar-refractivity contribution in [1.82, 2.24) is 4.90 Å². The number of rotatable bonds is 4. The van der Waals surface area contributed by atoms with Crippen molar-refractivity contribution in [2.24, 2.45) is 11.7 Å². The van der Waals surface area contributed by atoms with Crippen LogP contribution in [0.3, 0.4) is 0 Å². The van der Waals surface area contributed by atoms with E-state index in [1.54, 1.807) is 11.3 Å². The summed E-state index contributed by atoms with van der Waals surface area (Å²) in [7, 11) is 1.81. The summed E-state index contributed by atoms with van der Waals surface area (Å²) in [6.45, 7) is 5.02. The normalized spacial score (nSPS) is 27.3. The zero-order valence-electron chi connectivity index (χ0n) is 10.9. The second kappa shape index (κ2) is 6.48. The van der Waals surface area contributed by atoms with Crippen molar-refractivity contribution < 1.29 is 4.74 Å². The Morgan fingerprint density at radius 2 is 2.44 bits per heavy atom. The molecule has 0 aromatic carbocycles. The fraction of sp³-hybridized carbons (Fsp3) is 0.692. The molecule has 3 atom stereocenters. The topological polar surface area (TPSA) is 38.5 Å². The Morgan fingerprint density at radius 1 is 1.67 bits per heavy atom. The smallest absolute Gasteiger partial charge is 0.0724 e. The van der Waals surface area contributed by atoms with Crippen LogP contribution in [0.4, 0.5) is 0 Å². The van der Waals surface area contributed by atoms with Gasteiger partial charge in [0.25, 0.3) is 0 Å². The second-order valence-electron chi connectivity index (χ2n) is 4.95. The summed E-state index contributed by atoms with van der Waals surface area (Å²) in [6, 6.07) is 2.51. The van der Waals surface area contributed by atoms with Crippen LogP contribution in [-0.4, -0.2) is 37.7 Å². The Kier molecular flexibility index (Phi) is 5.21. The van der Waals surface area contributed by atoms with Gasteiger partial charge in [0.15, 0.2) is 0 Å². The average molecular weight is 333 g/mol. The fourth-order valence-corrected chi connectivity index (χ4v) is 4.19. The number of likely N-dealkylation sites (tertiary alicyclic amines) is 1. The van der Waals surface area contributed by atoms with E-state index in [1.807, 2.05) is 7.11 Å². The molecule has 1 aromatic rings. The Hall–Kier alpha value is 0.0600. The highest BCUT2D eigenvalue weighted by Gasteiger charge is 2.30. The van der Waals surface area contributed by atoms with Crippen molar-refractivity contribution in [2.75, 3.05) is 26.7 Å². The number of piperidine rings is 1.